The number of carbonyl (C=O) groups is 1. The van der Waals surface area contributed by atoms with Gasteiger partial charge in [0.05, 0.1) is 10.9 Å². The van der Waals surface area contributed by atoms with Crippen LogP contribution >= 0.6 is 11.3 Å². The molecule has 0 aliphatic heterocycles. The Balaban J connectivity index is 1.71. The van der Waals surface area contributed by atoms with Gasteiger partial charge in [0.25, 0.3) is 5.91 Å². The quantitative estimate of drug-likeness (QED) is 0.854. The number of aromatic amines is 1. The summed E-state index contributed by atoms with van der Waals surface area (Å²) in [5.74, 6) is 0.656. The molecule has 5 nitrogen and oxygen atoms in total. The Labute approximate surface area is 121 Å². The summed E-state index contributed by atoms with van der Waals surface area (Å²) in [7, 11) is 0. The summed E-state index contributed by atoms with van der Waals surface area (Å²) >= 11 is 1.64. The number of rotatable bonds is 3. The van der Waals surface area contributed by atoms with E-state index in [2.05, 4.69) is 26.6 Å². The first kappa shape index (κ1) is 13.3. The molecule has 2 aromatic rings. The van der Waals surface area contributed by atoms with Crippen molar-refractivity contribution < 1.29 is 4.79 Å². The summed E-state index contributed by atoms with van der Waals surface area (Å²) in [6.07, 6.45) is 7.45. The van der Waals surface area contributed by atoms with Crippen LogP contribution in [0.4, 0.5) is 0 Å². The van der Waals surface area contributed by atoms with Crippen molar-refractivity contribution in [1.29, 1.82) is 0 Å². The molecular weight excluding hydrogens is 272 g/mol. The van der Waals surface area contributed by atoms with Crippen LogP contribution in [0.1, 0.15) is 58.2 Å². The van der Waals surface area contributed by atoms with Crippen LogP contribution in [0, 0.1) is 0 Å². The Kier molecular flexibility index (Phi) is 3.82. The van der Waals surface area contributed by atoms with Gasteiger partial charge in [-0.25, -0.2) is 4.98 Å². The van der Waals surface area contributed by atoms with E-state index in [0.29, 0.717) is 5.82 Å². The highest BCUT2D eigenvalue weighted by Gasteiger charge is 2.18. The second-order valence-corrected chi connectivity index (χ2v) is 6.32. The Morgan fingerprint density at radius 1 is 1.40 bits per heavy atom. The number of aryl methyl sites for hydroxylation is 2. The molecule has 0 aromatic carbocycles. The molecule has 0 bridgehead atoms. The molecule has 1 atom stereocenters. The van der Waals surface area contributed by atoms with E-state index in [-0.39, 0.29) is 11.9 Å². The molecule has 2 N–H and O–H groups in total. The third-order valence-corrected chi connectivity index (χ3v) is 4.90. The van der Waals surface area contributed by atoms with Gasteiger partial charge >= 0.3 is 0 Å². The lowest BCUT2D eigenvalue weighted by Crippen LogP contribution is -2.26. The first-order chi connectivity index (χ1) is 9.74. The third kappa shape index (κ3) is 2.75. The number of hydrogen-bond donors (Lipinski definition) is 2. The van der Waals surface area contributed by atoms with E-state index in [1.54, 1.807) is 11.3 Å². The molecule has 1 amide bonds. The molecule has 3 rings (SSSR count). The average Bonchev–Trinajstić information content (AvgIpc) is 3.05. The van der Waals surface area contributed by atoms with Crippen LogP contribution in [-0.2, 0) is 12.8 Å². The SMILES string of the molecule is CC(NC(=O)c1cc2c(s1)CCCCC2)c1ncn[nH]1. The summed E-state index contributed by atoms with van der Waals surface area (Å²) in [4.78, 5) is 18.6. The third-order valence-electron chi connectivity index (χ3n) is 3.66. The standard InChI is InChI=1S/C14H18N4OS/c1-9(13-15-8-16-18-13)17-14(19)12-7-10-5-3-2-4-6-11(10)20-12/h7-9H,2-6H2,1H3,(H,17,19)(H,15,16,18). The minimum absolute atomic E-state index is 0.0213. The highest BCUT2D eigenvalue weighted by atomic mass is 32.1. The number of fused-ring (bicyclic) bond motifs is 1. The molecule has 0 saturated heterocycles. The van der Waals surface area contributed by atoms with Crippen LogP contribution < -0.4 is 5.32 Å². The Bertz CT molecular complexity index is 567. The largest absolute Gasteiger partial charge is 0.342 e. The first-order valence-electron chi connectivity index (χ1n) is 7.02. The zero-order valence-electron chi connectivity index (χ0n) is 11.5. The zero-order valence-corrected chi connectivity index (χ0v) is 12.3. The predicted octanol–water partition coefficient (Wildman–Crippen LogP) is 2.63. The lowest BCUT2D eigenvalue weighted by Gasteiger charge is -2.09. The van der Waals surface area contributed by atoms with Crippen molar-refractivity contribution in [3.05, 3.63) is 33.5 Å². The van der Waals surface area contributed by atoms with E-state index in [4.69, 9.17) is 0 Å². The van der Waals surface area contributed by atoms with Crippen molar-refractivity contribution in [3.63, 3.8) is 0 Å². The van der Waals surface area contributed by atoms with Gasteiger partial charge in [0.1, 0.15) is 12.2 Å². The van der Waals surface area contributed by atoms with Gasteiger partial charge in [0, 0.05) is 4.88 Å². The highest BCUT2D eigenvalue weighted by Crippen LogP contribution is 2.29. The number of nitrogens with zero attached hydrogens (tertiary/aromatic N) is 2. The number of nitrogens with one attached hydrogen (secondary N) is 2. The molecule has 1 unspecified atom stereocenters. The fraction of sp³-hybridized carbons (Fsp3) is 0.500. The Morgan fingerprint density at radius 3 is 3.05 bits per heavy atom. The van der Waals surface area contributed by atoms with Crippen molar-refractivity contribution in [1.82, 2.24) is 20.5 Å². The normalized spacial score (nSPS) is 16.2. The minimum atomic E-state index is -0.160. The Hall–Kier alpha value is -1.69. The predicted molar refractivity (Wildman–Crippen MR) is 77.8 cm³/mol. The number of thiophene rings is 1. The van der Waals surface area contributed by atoms with Gasteiger partial charge in [-0.1, -0.05) is 6.42 Å². The van der Waals surface area contributed by atoms with Crippen LogP contribution in [0.15, 0.2) is 12.4 Å². The molecule has 0 spiro atoms. The van der Waals surface area contributed by atoms with Gasteiger partial charge in [-0.3, -0.25) is 9.89 Å². The van der Waals surface area contributed by atoms with E-state index in [1.807, 2.05) is 6.92 Å². The topological polar surface area (TPSA) is 70.7 Å². The molecule has 0 fully saturated rings. The average molecular weight is 290 g/mol. The van der Waals surface area contributed by atoms with E-state index in [9.17, 15) is 4.79 Å². The molecule has 106 valence electrons. The highest BCUT2D eigenvalue weighted by molar-refractivity contribution is 7.14. The monoisotopic (exact) mass is 290 g/mol. The van der Waals surface area contributed by atoms with Crippen molar-refractivity contribution in [2.24, 2.45) is 0 Å². The second kappa shape index (κ2) is 5.75. The molecule has 1 aliphatic rings. The van der Waals surface area contributed by atoms with E-state index < -0.39 is 0 Å². The fourth-order valence-corrected chi connectivity index (χ4v) is 3.70. The molecule has 6 heteroatoms. The number of carbonyl (C=O) groups excluding carboxylic acids is 1. The van der Waals surface area contributed by atoms with Gasteiger partial charge in [0.2, 0.25) is 0 Å². The van der Waals surface area contributed by atoms with E-state index >= 15 is 0 Å². The molecule has 20 heavy (non-hydrogen) atoms. The second-order valence-electron chi connectivity index (χ2n) is 5.19. The smallest absolute Gasteiger partial charge is 0.261 e. The van der Waals surface area contributed by atoms with Crippen molar-refractivity contribution in [2.75, 3.05) is 0 Å². The van der Waals surface area contributed by atoms with Gasteiger partial charge in [-0.15, -0.1) is 11.3 Å². The maximum atomic E-state index is 12.3. The molecule has 1 aliphatic carbocycles. The lowest BCUT2D eigenvalue weighted by molar-refractivity contribution is 0.0942. The number of H-pyrrole nitrogens is 1. The summed E-state index contributed by atoms with van der Waals surface area (Å²) in [5.41, 5.74) is 1.37. The summed E-state index contributed by atoms with van der Waals surface area (Å²) < 4.78 is 0. The van der Waals surface area contributed by atoms with Gasteiger partial charge < -0.3 is 5.32 Å². The summed E-state index contributed by atoms with van der Waals surface area (Å²) in [5, 5.41) is 9.54. The molecule has 0 saturated carbocycles. The summed E-state index contributed by atoms with van der Waals surface area (Å²) in [6, 6.07) is 1.90. The fourth-order valence-electron chi connectivity index (χ4n) is 2.54. The number of hydrogen-bond acceptors (Lipinski definition) is 4. The molecule has 2 aromatic heterocycles. The van der Waals surface area contributed by atoms with Crippen LogP contribution in [0.25, 0.3) is 0 Å². The van der Waals surface area contributed by atoms with Crippen LogP contribution in [0.3, 0.4) is 0 Å². The first-order valence-corrected chi connectivity index (χ1v) is 7.83. The van der Waals surface area contributed by atoms with Crippen molar-refractivity contribution >= 4 is 17.2 Å². The summed E-state index contributed by atoms with van der Waals surface area (Å²) in [6.45, 7) is 1.90. The van der Waals surface area contributed by atoms with E-state index in [0.717, 1.165) is 17.7 Å². The van der Waals surface area contributed by atoms with Crippen LogP contribution in [0.5, 0.6) is 0 Å². The molecule has 2 heterocycles. The van der Waals surface area contributed by atoms with E-state index in [1.165, 1.54) is 36.0 Å². The maximum Gasteiger partial charge on any atom is 0.261 e. The Morgan fingerprint density at radius 2 is 2.25 bits per heavy atom. The van der Waals surface area contributed by atoms with Gasteiger partial charge in [0.15, 0.2) is 0 Å². The zero-order chi connectivity index (χ0) is 13.9. The van der Waals surface area contributed by atoms with Crippen molar-refractivity contribution in [2.45, 2.75) is 45.1 Å². The lowest BCUT2D eigenvalue weighted by atomic mass is 10.1. The minimum Gasteiger partial charge on any atom is -0.342 e. The van der Waals surface area contributed by atoms with Crippen molar-refractivity contribution in [3.8, 4) is 0 Å². The van der Waals surface area contributed by atoms with Crippen LogP contribution in [-0.4, -0.2) is 21.1 Å². The number of amides is 1. The molecular formula is C14H18N4OS. The number of aromatic nitrogens is 3. The van der Waals surface area contributed by atoms with Crippen LogP contribution in [0.2, 0.25) is 0 Å². The van der Waals surface area contributed by atoms with Gasteiger partial charge in [-0.2, -0.15) is 5.10 Å². The molecule has 0 radical (unpaired) electrons. The maximum absolute atomic E-state index is 12.3. The van der Waals surface area contributed by atoms with Gasteiger partial charge in [-0.05, 0) is 44.2 Å².